The van der Waals surface area contributed by atoms with Crippen molar-refractivity contribution < 1.29 is 14.4 Å². The number of rotatable bonds is 5. The van der Waals surface area contributed by atoms with Gasteiger partial charge in [-0.2, -0.15) is 0 Å². The third-order valence-electron chi connectivity index (χ3n) is 7.41. The van der Waals surface area contributed by atoms with Gasteiger partial charge >= 0.3 is 0 Å². The quantitative estimate of drug-likeness (QED) is 0.661. The van der Waals surface area contributed by atoms with Crippen LogP contribution in [0.3, 0.4) is 0 Å². The summed E-state index contributed by atoms with van der Waals surface area (Å²) >= 11 is 0. The molecule has 2 aromatic heterocycles. The van der Waals surface area contributed by atoms with Crippen molar-refractivity contribution in [3.63, 3.8) is 0 Å². The molecule has 6 nitrogen and oxygen atoms in total. The Balaban J connectivity index is 1.08. The molecule has 2 aliphatic carbocycles. The summed E-state index contributed by atoms with van der Waals surface area (Å²) in [5, 5.41) is 15.0. The number of ether oxygens (including phenoxy) is 1. The summed E-state index contributed by atoms with van der Waals surface area (Å²) in [4.78, 5) is 6.58. The van der Waals surface area contributed by atoms with Crippen molar-refractivity contribution >= 4 is 0 Å². The van der Waals surface area contributed by atoms with Gasteiger partial charge in [0.25, 0.3) is 0 Å². The van der Waals surface area contributed by atoms with Crippen LogP contribution in [0.25, 0.3) is 11.3 Å². The van der Waals surface area contributed by atoms with Crippen LogP contribution in [0.15, 0.2) is 53.3 Å². The Bertz CT molecular complexity index is 1080. The second kappa shape index (κ2) is 8.34. The molecule has 2 fully saturated rings. The van der Waals surface area contributed by atoms with E-state index in [1.165, 1.54) is 24.0 Å². The van der Waals surface area contributed by atoms with E-state index in [-0.39, 0.29) is 6.10 Å². The van der Waals surface area contributed by atoms with Gasteiger partial charge in [-0.05, 0) is 79.3 Å². The fraction of sp³-hybridized carbons (Fsp3) is 0.462. The fourth-order valence-electron chi connectivity index (χ4n) is 5.80. The summed E-state index contributed by atoms with van der Waals surface area (Å²) < 4.78 is 11.9. The third kappa shape index (κ3) is 3.93. The van der Waals surface area contributed by atoms with Gasteiger partial charge in [-0.15, -0.1) is 0 Å². The Kier molecular flexibility index (Phi) is 5.20. The van der Waals surface area contributed by atoms with Crippen molar-refractivity contribution in [2.24, 2.45) is 11.8 Å². The van der Waals surface area contributed by atoms with E-state index >= 15 is 0 Å². The number of hydrogen-bond acceptors (Lipinski definition) is 6. The van der Waals surface area contributed by atoms with Crippen LogP contribution in [-0.4, -0.2) is 45.4 Å². The Labute approximate surface area is 188 Å². The molecule has 1 saturated carbocycles. The van der Waals surface area contributed by atoms with Crippen molar-refractivity contribution in [1.29, 1.82) is 0 Å². The first-order valence-corrected chi connectivity index (χ1v) is 11.8. The van der Waals surface area contributed by atoms with Crippen molar-refractivity contribution in [1.82, 2.24) is 15.0 Å². The van der Waals surface area contributed by atoms with Gasteiger partial charge in [0.05, 0.1) is 12.6 Å². The van der Waals surface area contributed by atoms with Crippen LogP contribution < -0.4 is 4.74 Å². The van der Waals surface area contributed by atoms with Crippen LogP contribution in [0.4, 0.5) is 0 Å². The van der Waals surface area contributed by atoms with E-state index in [0.29, 0.717) is 11.8 Å². The zero-order chi connectivity index (χ0) is 21.5. The maximum Gasteiger partial charge on any atom is 0.151 e. The second-order valence-corrected chi connectivity index (χ2v) is 9.61. The second-order valence-electron chi connectivity index (χ2n) is 9.61. The summed E-state index contributed by atoms with van der Waals surface area (Å²) in [5.74, 6) is 2.82. The van der Waals surface area contributed by atoms with Crippen molar-refractivity contribution in [3.8, 4) is 17.0 Å². The van der Waals surface area contributed by atoms with Crippen LogP contribution in [-0.2, 0) is 19.4 Å². The van der Waals surface area contributed by atoms with Crippen molar-refractivity contribution in [3.05, 3.63) is 65.7 Å². The summed E-state index contributed by atoms with van der Waals surface area (Å²) in [5.41, 5.74) is 4.65. The lowest BCUT2D eigenvalue weighted by molar-refractivity contribution is -0.0231. The summed E-state index contributed by atoms with van der Waals surface area (Å²) in [6.45, 7) is 2.73. The molecule has 0 amide bonds. The highest BCUT2D eigenvalue weighted by molar-refractivity contribution is 5.57. The number of pyridine rings is 1. The molecular weight excluding hydrogens is 402 g/mol. The molecule has 1 aromatic carbocycles. The Morgan fingerprint density at radius 2 is 1.94 bits per heavy atom. The molecule has 3 heterocycles. The largest absolute Gasteiger partial charge is 0.488 e. The van der Waals surface area contributed by atoms with E-state index in [9.17, 15) is 5.11 Å². The van der Waals surface area contributed by atoms with Gasteiger partial charge in [0, 0.05) is 37.1 Å². The molecule has 3 aliphatic rings. The minimum Gasteiger partial charge on any atom is -0.488 e. The summed E-state index contributed by atoms with van der Waals surface area (Å²) in [6.07, 6.45) is 8.27. The van der Waals surface area contributed by atoms with Crippen LogP contribution in [0.1, 0.15) is 36.1 Å². The van der Waals surface area contributed by atoms with Gasteiger partial charge in [0.15, 0.2) is 5.76 Å². The molecule has 0 bridgehead atoms. The number of likely N-dealkylation sites (tertiary alicyclic amines) is 1. The molecule has 0 unspecified atom stereocenters. The Morgan fingerprint density at radius 3 is 2.81 bits per heavy atom. The first-order valence-electron chi connectivity index (χ1n) is 11.8. The number of hydrogen-bond donors (Lipinski definition) is 1. The van der Waals surface area contributed by atoms with Gasteiger partial charge in [0.1, 0.15) is 17.5 Å². The first kappa shape index (κ1) is 19.9. The van der Waals surface area contributed by atoms with Gasteiger partial charge in [-0.1, -0.05) is 11.2 Å². The molecule has 1 saturated heterocycles. The van der Waals surface area contributed by atoms with Crippen LogP contribution in [0.5, 0.6) is 5.75 Å². The lowest BCUT2D eigenvalue weighted by atomic mass is 9.78. The van der Waals surface area contributed by atoms with Gasteiger partial charge in [0.2, 0.25) is 0 Å². The molecule has 32 heavy (non-hydrogen) atoms. The monoisotopic (exact) mass is 431 g/mol. The fourth-order valence-corrected chi connectivity index (χ4v) is 5.80. The smallest absolute Gasteiger partial charge is 0.151 e. The van der Waals surface area contributed by atoms with Crippen LogP contribution in [0, 0.1) is 11.8 Å². The van der Waals surface area contributed by atoms with Crippen molar-refractivity contribution in [2.75, 3.05) is 13.1 Å². The average Bonchev–Trinajstić information content (AvgIpc) is 3.54. The molecule has 0 radical (unpaired) electrons. The van der Waals surface area contributed by atoms with E-state index in [4.69, 9.17) is 9.26 Å². The molecule has 3 aromatic rings. The van der Waals surface area contributed by atoms with Crippen LogP contribution >= 0.6 is 0 Å². The highest BCUT2D eigenvalue weighted by Crippen LogP contribution is 2.39. The van der Waals surface area contributed by atoms with E-state index in [1.54, 1.807) is 12.4 Å². The predicted molar refractivity (Wildman–Crippen MR) is 120 cm³/mol. The normalized spacial score (nSPS) is 27.3. The average molecular weight is 432 g/mol. The van der Waals surface area contributed by atoms with Crippen molar-refractivity contribution in [2.45, 2.75) is 50.9 Å². The number of aryl methyl sites for hydroxylation is 2. The number of nitrogens with zero attached hydrogens (tertiary/aromatic N) is 3. The maximum absolute atomic E-state index is 10.8. The molecule has 6 rings (SSSR count). The number of benzene rings is 1. The third-order valence-corrected chi connectivity index (χ3v) is 7.41. The van der Waals surface area contributed by atoms with E-state index in [0.717, 1.165) is 61.7 Å². The van der Waals surface area contributed by atoms with Gasteiger partial charge in [-0.25, -0.2) is 0 Å². The highest BCUT2D eigenvalue weighted by Gasteiger charge is 2.42. The number of aliphatic hydroxyl groups excluding tert-OH is 1. The maximum atomic E-state index is 10.8. The Hall–Kier alpha value is -2.70. The predicted octanol–water partition coefficient (Wildman–Crippen LogP) is 3.88. The number of aliphatic hydroxyl groups is 1. The minimum absolute atomic E-state index is 0.127. The van der Waals surface area contributed by atoms with Gasteiger partial charge < -0.3 is 14.4 Å². The molecule has 1 aliphatic heterocycles. The lowest BCUT2D eigenvalue weighted by Gasteiger charge is -2.35. The minimum atomic E-state index is -0.410. The first-order chi connectivity index (χ1) is 15.7. The topological polar surface area (TPSA) is 71.6 Å². The number of aromatic nitrogens is 2. The summed E-state index contributed by atoms with van der Waals surface area (Å²) in [6, 6.07) is 12.4. The number of fused-ring (bicyclic) bond motifs is 2. The zero-order valence-electron chi connectivity index (χ0n) is 18.2. The lowest BCUT2D eigenvalue weighted by Crippen LogP contribution is -2.42. The van der Waals surface area contributed by atoms with E-state index < -0.39 is 6.10 Å². The van der Waals surface area contributed by atoms with E-state index in [2.05, 4.69) is 33.2 Å². The van der Waals surface area contributed by atoms with Gasteiger partial charge in [-0.3, -0.25) is 9.88 Å². The molecule has 4 atom stereocenters. The summed E-state index contributed by atoms with van der Waals surface area (Å²) in [7, 11) is 0. The molecular formula is C26H29N3O3. The molecule has 1 N–H and O–H groups in total. The zero-order valence-corrected chi connectivity index (χ0v) is 18.2. The Morgan fingerprint density at radius 1 is 1.06 bits per heavy atom. The molecule has 0 spiro atoms. The van der Waals surface area contributed by atoms with Crippen LogP contribution in [0.2, 0.25) is 0 Å². The van der Waals surface area contributed by atoms with E-state index in [1.807, 2.05) is 18.2 Å². The highest BCUT2D eigenvalue weighted by atomic mass is 16.5. The molecule has 166 valence electrons. The molecule has 6 heteroatoms. The SMILES string of the molecule is O[C@@H]1C[C@H]2CN(Cc3cc(-c4cccnc4)no3)C[C@H]2C[C@H]1Oc1ccc2c(c1)CCC2. The standard InChI is InChI=1S/C26H29N3O3/c30-25-10-20-14-29(16-23-12-24(28-32-23)19-5-2-8-27-13-19)15-21(20)11-26(25)31-22-7-6-17-3-1-4-18(17)9-22/h2,5-9,12-13,20-21,25-26,30H,1,3-4,10-11,14-16H2/t20-,21+,25+,26+/m0/s1.